The van der Waals surface area contributed by atoms with Gasteiger partial charge in [0.2, 0.25) is 0 Å². The number of rotatable bonds is 2. The first-order valence-electron chi connectivity index (χ1n) is 9.36. The van der Waals surface area contributed by atoms with Crippen LogP contribution in [0.3, 0.4) is 0 Å². The molecule has 0 fully saturated rings. The molecule has 4 rings (SSSR count). The molecule has 0 aromatic carbocycles. The molecule has 0 saturated carbocycles. The van der Waals surface area contributed by atoms with E-state index in [2.05, 4.69) is 15.0 Å². The Balaban J connectivity index is 1.97. The molecule has 1 amide bonds. The van der Waals surface area contributed by atoms with Gasteiger partial charge in [-0.25, -0.2) is 19.4 Å². The van der Waals surface area contributed by atoms with Gasteiger partial charge in [0.05, 0.1) is 22.9 Å². The third kappa shape index (κ3) is 3.37. The van der Waals surface area contributed by atoms with E-state index in [1.54, 1.807) is 17.1 Å². The van der Waals surface area contributed by atoms with Crippen LogP contribution in [0, 0.1) is 13.8 Å². The Hall–Kier alpha value is -3.55. The van der Waals surface area contributed by atoms with Crippen LogP contribution in [-0.4, -0.2) is 31.3 Å². The predicted molar refractivity (Wildman–Crippen MR) is 114 cm³/mol. The number of ether oxygens (including phenoxy) is 1. The zero-order valence-electron chi connectivity index (χ0n) is 17.1. The fourth-order valence-corrected chi connectivity index (χ4v) is 3.23. The molecule has 0 bridgehead atoms. The summed E-state index contributed by atoms with van der Waals surface area (Å²) >= 11 is 0. The van der Waals surface area contributed by atoms with Gasteiger partial charge in [0, 0.05) is 17.6 Å². The Kier molecular flexibility index (Phi) is 4.22. The number of nitrogens with one attached hydrogen (secondary N) is 1. The van der Waals surface area contributed by atoms with Gasteiger partial charge in [-0.05, 0) is 58.9 Å². The molecule has 0 aliphatic carbocycles. The van der Waals surface area contributed by atoms with Crippen LogP contribution >= 0.6 is 0 Å². The summed E-state index contributed by atoms with van der Waals surface area (Å²) in [4.78, 5) is 25.6. The molecule has 0 aliphatic heterocycles. The van der Waals surface area contributed by atoms with Gasteiger partial charge in [0.1, 0.15) is 22.3 Å². The van der Waals surface area contributed by atoms with Crippen molar-refractivity contribution in [2.75, 3.05) is 10.7 Å². The average molecular weight is 392 g/mol. The summed E-state index contributed by atoms with van der Waals surface area (Å²) in [7, 11) is 0. The van der Waals surface area contributed by atoms with Gasteiger partial charge in [0.15, 0.2) is 0 Å². The Morgan fingerprint density at radius 2 is 1.76 bits per heavy atom. The molecule has 4 heterocycles. The first-order chi connectivity index (χ1) is 13.6. The van der Waals surface area contributed by atoms with E-state index >= 15 is 0 Å². The van der Waals surface area contributed by atoms with E-state index in [0.717, 1.165) is 16.9 Å². The standard InChI is InChI=1S/C21H24N6O2/c1-12-6-8-15-19(25-12)17(10-23-15)27(20(28)29-21(3,4)5)26-11-14(22)18-16(26)9-7-13(2)24-18/h6-11,23H,22H2,1-5H3. The highest BCUT2D eigenvalue weighted by Gasteiger charge is 2.29. The molecule has 0 atom stereocenters. The van der Waals surface area contributed by atoms with E-state index < -0.39 is 11.7 Å². The lowest BCUT2D eigenvalue weighted by atomic mass is 10.2. The van der Waals surface area contributed by atoms with E-state index in [1.807, 2.05) is 58.9 Å². The molecule has 4 aromatic rings. The van der Waals surface area contributed by atoms with Gasteiger partial charge in [-0.3, -0.25) is 0 Å². The quantitative estimate of drug-likeness (QED) is 0.529. The molecule has 8 heteroatoms. The number of aromatic nitrogens is 4. The highest BCUT2D eigenvalue weighted by Crippen LogP contribution is 2.31. The van der Waals surface area contributed by atoms with Gasteiger partial charge in [0.25, 0.3) is 0 Å². The van der Waals surface area contributed by atoms with E-state index in [9.17, 15) is 4.79 Å². The number of pyridine rings is 2. The van der Waals surface area contributed by atoms with E-state index in [-0.39, 0.29) is 0 Å². The SMILES string of the molecule is Cc1ccc2[nH]cc(N(C(=O)OC(C)(C)C)n3cc(N)c4nc(C)ccc43)c2n1. The normalized spacial score (nSPS) is 11.9. The van der Waals surface area contributed by atoms with Crippen molar-refractivity contribution in [2.24, 2.45) is 0 Å². The van der Waals surface area contributed by atoms with E-state index in [4.69, 9.17) is 10.5 Å². The lowest BCUT2D eigenvalue weighted by Gasteiger charge is -2.28. The van der Waals surface area contributed by atoms with Crippen LogP contribution in [0.4, 0.5) is 16.2 Å². The molecule has 3 N–H and O–H groups in total. The van der Waals surface area contributed by atoms with Gasteiger partial charge in [-0.15, -0.1) is 0 Å². The van der Waals surface area contributed by atoms with Crippen LogP contribution in [0.25, 0.3) is 22.1 Å². The smallest absolute Gasteiger partial charge is 0.434 e. The molecule has 8 nitrogen and oxygen atoms in total. The second-order valence-electron chi connectivity index (χ2n) is 8.06. The van der Waals surface area contributed by atoms with Crippen molar-refractivity contribution in [3.8, 4) is 0 Å². The summed E-state index contributed by atoms with van der Waals surface area (Å²) in [6.07, 6.45) is 2.87. The summed E-state index contributed by atoms with van der Waals surface area (Å²) in [5, 5.41) is 1.44. The molecule has 0 aliphatic rings. The largest absolute Gasteiger partial charge is 0.442 e. The third-order valence-electron chi connectivity index (χ3n) is 4.45. The minimum Gasteiger partial charge on any atom is -0.442 e. The first kappa shape index (κ1) is 18.8. The zero-order valence-corrected chi connectivity index (χ0v) is 17.1. The van der Waals surface area contributed by atoms with Crippen LogP contribution in [0.5, 0.6) is 0 Å². The number of carbonyl (C=O) groups excluding carboxylic acids is 1. The average Bonchev–Trinajstić information content (AvgIpc) is 3.16. The number of aryl methyl sites for hydroxylation is 2. The highest BCUT2D eigenvalue weighted by atomic mass is 16.6. The first-order valence-corrected chi connectivity index (χ1v) is 9.36. The summed E-state index contributed by atoms with van der Waals surface area (Å²) < 4.78 is 7.37. The molecule has 0 radical (unpaired) electrons. The Labute approximate surface area is 168 Å². The number of hydrogen-bond donors (Lipinski definition) is 2. The predicted octanol–water partition coefficient (Wildman–Crippen LogP) is 4.32. The Bertz CT molecular complexity index is 1230. The highest BCUT2D eigenvalue weighted by molar-refractivity contribution is 6.01. The number of hydrogen-bond acceptors (Lipinski definition) is 5. The maximum Gasteiger partial charge on any atom is 0.434 e. The fourth-order valence-electron chi connectivity index (χ4n) is 3.23. The minimum atomic E-state index is -0.672. The van der Waals surface area contributed by atoms with E-state index in [1.165, 1.54) is 5.01 Å². The van der Waals surface area contributed by atoms with Crippen molar-refractivity contribution < 1.29 is 9.53 Å². The second-order valence-corrected chi connectivity index (χ2v) is 8.06. The maximum atomic E-state index is 13.3. The van der Waals surface area contributed by atoms with Crippen molar-refractivity contribution in [3.05, 3.63) is 48.0 Å². The number of nitrogens with zero attached hydrogens (tertiary/aromatic N) is 4. The van der Waals surface area contributed by atoms with Crippen LogP contribution in [0.15, 0.2) is 36.7 Å². The summed E-state index contributed by atoms with van der Waals surface area (Å²) in [5.74, 6) is 0. The van der Waals surface area contributed by atoms with Crippen LogP contribution < -0.4 is 10.7 Å². The lowest BCUT2D eigenvalue weighted by molar-refractivity contribution is 0.0566. The number of amides is 1. The minimum absolute atomic E-state index is 0.473. The maximum absolute atomic E-state index is 13.3. The number of aromatic amines is 1. The Morgan fingerprint density at radius 3 is 2.45 bits per heavy atom. The molecule has 150 valence electrons. The van der Waals surface area contributed by atoms with Crippen molar-refractivity contribution in [3.63, 3.8) is 0 Å². The van der Waals surface area contributed by atoms with Crippen molar-refractivity contribution >= 4 is 39.5 Å². The number of anilines is 2. The summed E-state index contributed by atoms with van der Waals surface area (Å²) in [6.45, 7) is 9.28. The van der Waals surface area contributed by atoms with Gasteiger partial charge in [-0.2, -0.15) is 5.01 Å². The van der Waals surface area contributed by atoms with Gasteiger partial charge < -0.3 is 15.5 Å². The number of H-pyrrole nitrogens is 1. The summed E-state index contributed by atoms with van der Waals surface area (Å²) in [5.41, 5.74) is 11.1. The lowest BCUT2D eigenvalue weighted by Crippen LogP contribution is -2.40. The third-order valence-corrected chi connectivity index (χ3v) is 4.45. The van der Waals surface area contributed by atoms with Crippen molar-refractivity contribution in [1.82, 2.24) is 19.6 Å². The molecular formula is C21H24N6O2. The molecular weight excluding hydrogens is 368 g/mol. The molecule has 4 aromatic heterocycles. The number of nitrogens with two attached hydrogens (primary N) is 1. The monoisotopic (exact) mass is 392 g/mol. The summed E-state index contributed by atoms with van der Waals surface area (Å²) in [6, 6.07) is 7.61. The fraction of sp³-hybridized carbons (Fsp3) is 0.286. The topological polar surface area (TPSA) is 102 Å². The molecule has 29 heavy (non-hydrogen) atoms. The van der Waals surface area contributed by atoms with Crippen LogP contribution in [0.1, 0.15) is 32.2 Å². The van der Waals surface area contributed by atoms with Gasteiger partial charge >= 0.3 is 6.09 Å². The van der Waals surface area contributed by atoms with Gasteiger partial charge in [-0.1, -0.05) is 0 Å². The van der Waals surface area contributed by atoms with Crippen LogP contribution in [-0.2, 0) is 4.74 Å². The second kappa shape index (κ2) is 6.51. The van der Waals surface area contributed by atoms with Crippen molar-refractivity contribution in [1.29, 1.82) is 0 Å². The number of fused-ring (bicyclic) bond motifs is 2. The van der Waals surface area contributed by atoms with Crippen molar-refractivity contribution in [2.45, 2.75) is 40.2 Å². The Morgan fingerprint density at radius 1 is 1.10 bits per heavy atom. The molecule has 0 saturated heterocycles. The zero-order chi connectivity index (χ0) is 20.9. The molecule has 0 spiro atoms. The number of carbonyl (C=O) groups is 1. The number of nitrogen functional groups attached to an aromatic ring is 1. The van der Waals surface area contributed by atoms with Crippen LogP contribution in [0.2, 0.25) is 0 Å². The molecule has 0 unspecified atom stereocenters. The van der Waals surface area contributed by atoms with E-state index in [0.29, 0.717) is 27.9 Å².